The van der Waals surface area contributed by atoms with Gasteiger partial charge in [0.05, 0.1) is 19.7 Å². The molecule has 1 heterocycles. The third-order valence-corrected chi connectivity index (χ3v) is 2.69. The maximum Gasteiger partial charge on any atom is 0.150 e. The van der Waals surface area contributed by atoms with E-state index in [9.17, 15) is 0 Å². The zero-order valence-corrected chi connectivity index (χ0v) is 10.9. The van der Waals surface area contributed by atoms with Gasteiger partial charge in [-0.3, -0.25) is 0 Å². The van der Waals surface area contributed by atoms with E-state index < -0.39 is 0 Å². The second-order valence-corrected chi connectivity index (χ2v) is 5.06. The summed E-state index contributed by atoms with van der Waals surface area (Å²) in [6, 6.07) is 3.77. The molecular weight excluding hydrogens is 216 g/mol. The number of nitrogens with one attached hydrogen (secondary N) is 1. The minimum Gasteiger partial charge on any atom is -0.497 e. The normalized spacial score (nSPS) is 11.8. The van der Waals surface area contributed by atoms with Gasteiger partial charge >= 0.3 is 0 Å². The molecule has 2 aromatic rings. The monoisotopic (exact) mass is 234 g/mol. The smallest absolute Gasteiger partial charge is 0.150 e. The molecule has 0 saturated carbocycles. The molecule has 4 heteroatoms. The highest BCUT2D eigenvalue weighted by Crippen LogP contribution is 2.31. The van der Waals surface area contributed by atoms with E-state index in [-0.39, 0.29) is 5.41 Å². The van der Waals surface area contributed by atoms with Crippen LogP contribution >= 0.6 is 0 Å². The third kappa shape index (κ3) is 2.07. The number of aromatic amines is 1. The molecule has 4 nitrogen and oxygen atoms in total. The van der Waals surface area contributed by atoms with E-state index in [4.69, 9.17) is 9.47 Å². The molecule has 2 rings (SSSR count). The van der Waals surface area contributed by atoms with Crippen LogP contribution in [0.15, 0.2) is 12.1 Å². The van der Waals surface area contributed by atoms with Crippen molar-refractivity contribution in [3.05, 3.63) is 18.0 Å². The van der Waals surface area contributed by atoms with Crippen molar-refractivity contribution in [3.63, 3.8) is 0 Å². The highest BCUT2D eigenvalue weighted by Gasteiger charge is 2.20. The van der Waals surface area contributed by atoms with Crippen molar-refractivity contribution in [1.82, 2.24) is 9.97 Å². The molecule has 0 atom stereocenters. The third-order valence-electron chi connectivity index (χ3n) is 2.69. The van der Waals surface area contributed by atoms with E-state index >= 15 is 0 Å². The molecule has 0 bridgehead atoms. The molecule has 1 aromatic heterocycles. The maximum atomic E-state index is 5.33. The Labute approximate surface area is 101 Å². The largest absolute Gasteiger partial charge is 0.497 e. The summed E-state index contributed by atoms with van der Waals surface area (Å²) < 4.78 is 10.6. The van der Waals surface area contributed by atoms with E-state index in [1.165, 1.54) is 0 Å². The van der Waals surface area contributed by atoms with Gasteiger partial charge in [-0.15, -0.1) is 0 Å². The van der Waals surface area contributed by atoms with E-state index in [1.807, 2.05) is 12.1 Å². The number of rotatable bonds is 2. The zero-order valence-electron chi connectivity index (χ0n) is 10.9. The van der Waals surface area contributed by atoms with Crippen LogP contribution in [0.1, 0.15) is 26.6 Å². The van der Waals surface area contributed by atoms with Gasteiger partial charge in [-0.05, 0) is 0 Å². The summed E-state index contributed by atoms with van der Waals surface area (Å²) in [6.07, 6.45) is 0. The van der Waals surface area contributed by atoms with Gasteiger partial charge in [0.1, 0.15) is 22.8 Å². The average Bonchev–Trinajstić information content (AvgIpc) is 2.70. The van der Waals surface area contributed by atoms with Crippen molar-refractivity contribution in [3.8, 4) is 11.5 Å². The van der Waals surface area contributed by atoms with Gasteiger partial charge in [0.15, 0.2) is 0 Å². The molecule has 0 aliphatic heterocycles. The Morgan fingerprint density at radius 2 is 1.82 bits per heavy atom. The zero-order chi connectivity index (χ0) is 12.6. The first-order chi connectivity index (χ1) is 7.95. The Morgan fingerprint density at radius 1 is 1.12 bits per heavy atom. The second-order valence-electron chi connectivity index (χ2n) is 5.06. The van der Waals surface area contributed by atoms with Crippen molar-refractivity contribution in [2.75, 3.05) is 14.2 Å². The number of benzene rings is 1. The fourth-order valence-corrected chi connectivity index (χ4v) is 1.69. The van der Waals surface area contributed by atoms with Crippen LogP contribution < -0.4 is 9.47 Å². The van der Waals surface area contributed by atoms with E-state index in [0.717, 1.165) is 28.4 Å². The van der Waals surface area contributed by atoms with Gasteiger partial charge in [0, 0.05) is 17.5 Å². The van der Waals surface area contributed by atoms with Crippen LogP contribution in [0.4, 0.5) is 0 Å². The van der Waals surface area contributed by atoms with Crippen molar-refractivity contribution < 1.29 is 9.47 Å². The molecule has 0 unspecified atom stereocenters. The van der Waals surface area contributed by atoms with Crippen LogP contribution in [0.25, 0.3) is 11.0 Å². The van der Waals surface area contributed by atoms with Gasteiger partial charge < -0.3 is 14.5 Å². The van der Waals surface area contributed by atoms with Crippen LogP contribution in [-0.4, -0.2) is 24.2 Å². The summed E-state index contributed by atoms with van der Waals surface area (Å²) in [7, 11) is 3.28. The molecular formula is C13H18N2O2. The number of H-pyrrole nitrogens is 1. The van der Waals surface area contributed by atoms with Gasteiger partial charge in [0.25, 0.3) is 0 Å². The predicted molar refractivity (Wildman–Crippen MR) is 67.9 cm³/mol. The molecule has 0 amide bonds. The topological polar surface area (TPSA) is 47.1 Å². The van der Waals surface area contributed by atoms with Crippen LogP contribution in [0.5, 0.6) is 11.5 Å². The van der Waals surface area contributed by atoms with E-state index in [2.05, 4.69) is 30.7 Å². The Hall–Kier alpha value is -1.71. The number of fused-ring (bicyclic) bond motifs is 1. The summed E-state index contributed by atoms with van der Waals surface area (Å²) in [4.78, 5) is 7.91. The van der Waals surface area contributed by atoms with Gasteiger partial charge in [-0.1, -0.05) is 20.8 Å². The van der Waals surface area contributed by atoms with Crippen LogP contribution in [0, 0.1) is 0 Å². The number of ether oxygens (including phenoxy) is 2. The first kappa shape index (κ1) is 11.8. The lowest BCUT2D eigenvalue weighted by atomic mass is 9.96. The molecule has 1 aromatic carbocycles. The van der Waals surface area contributed by atoms with Gasteiger partial charge in [-0.25, -0.2) is 4.98 Å². The standard InChI is InChI=1S/C13H18N2O2/c1-13(2,3)12-14-9-6-8(16-4)7-10(17-5)11(9)15-12/h6-7H,1-5H3,(H,14,15). The fraction of sp³-hybridized carbons (Fsp3) is 0.462. The fourth-order valence-electron chi connectivity index (χ4n) is 1.69. The van der Waals surface area contributed by atoms with Crippen molar-refractivity contribution in [1.29, 1.82) is 0 Å². The van der Waals surface area contributed by atoms with E-state index in [1.54, 1.807) is 14.2 Å². The molecule has 0 saturated heterocycles. The Bertz CT molecular complexity index is 538. The first-order valence-electron chi connectivity index (χ1n) is 5.58. The van der Waals surface area contributed by atoms with E-state index in [0.29, 0.717) is 0 Å². The van der Waals surface area contributed by atoms with Crippen LogP contribution in [-0.2, 0) is 5.41 Å². The maximum absolute atomic E-state index is 5.33. The number of hydrogen-bond donors (Lipinski definition) is 1. The SMILES string of the molecule is COc1cc(OC)c2nc(C(C)(C)C)[nH]c2c1. The van der Waals surface area contributed by atoms with Gasteiger partial charge in [-0.2, -0.15) is 0 Å². The molecule has 92 valence electrons. The van der Waals surface area contributed by atoms with Gasteiger partial charge in [0.2, 0.25) is 0 Å². The highest BCUT2D eigenvalue weighted by atomic mass is 16.5. The molecule has 1 N–H and O–H groups in total. The van der Waals surface area contributed by atoms with Crippen molar-refractivity contribution >= 4 is 11.0 Å². The lowest BCUT2D eigenvalue weighted by Gasteiger charge is -2.13. The highest BCUT2D eigenvalue weighted by molar-refractivity contribution is 5.83. The number of nitrogens with zero attached hydrogens (tertiary/aromatic N) is 1. The summed E-state index contributed by atoms with van der Waals surface area (Å²) in [5, 5.41) is 0. The second kappa shape index (κ2) is 3.95. The molecule has 0 spiro atoms. The quantitative estimate of drug-likeness (QED) is 0.869. The van der Waals surface area contributed by atoms with Crippen LogP contribution in [0.3, 0.4) is 0 Å². The summed E-state index contributed by atoms with van der Waals surface area (Å²) in [5.41, 5.74) is 1.77. The van der Waals surface area contributed by atoms with Crippen molar-refractivity contribution in [2.45, 2.75) is 26.2 Å². The number of aromatic nitrogens is 2. The Morgan fingerprint density at radius 3 is 2.35 bits per heavy atom. The Balaban J connectivity index is 2.67. The number of methoxy groups -OCH3 is 2. The summed E-state index contributed by atoms with van der Waals surface area (Å²) in [6.45, 7) is 6.36. The van der Waals surface area contributed by atoms with Crippen molar-refractivity contribution in [2.24, 2.45) is 0 Å². The Kier molecular flexibility index (Phi) is 2.73. The number of hydrogen-bond acceptors (Lipinski definition) is 3. The first-order valence-corrected chi connectivity index (χ1v) is 5.58. The average molecular weight is 234 g/mol. The summed E-state index contributed by atoms with van der Waals surface area (Å²) in [5.74, 6) is 2.43. The lowest BCUT2D eigenvalue weighted by molar-refractivity contribution is 0.397. The molecule has 0 aliphatic rings. The lowest BCUT2D eigenvalue weighted by Crippen LogP contribution is -2.12. The minimum atomic E-state index is -0.0166. The predicted octanol–water partition coefficient (Wildman–Crippen LogP) is 2.88. The minimum absolute atomic E-state index is 0.0166. The molecule has 0 fully saturated rings. The summed E-state index contributed by atoms with van der Waals surface area (Å²) >= 11 is 0. The molecule has 17 heavy (non-hydrogen) atoms. The molecule has 0 aliphatic carbocycles. The number of imidazole rings is 1. The van der Waals surface area contributed by atoms with Crippen LogP contribution in [0.2, 0.25) is 0 Å². The molecule has 0 radical (unpaired) electrons.